The van der Waals surface area contributed by atoms with Gasteiger partial charge in [0.05, 0.1) is 19.8 Å². The summed E-state index contributed by atoms with van der Waals surface area (Å²) in [5.74, 6) is -5.64. The molecular weight excluding hydrogens is 555 g/mol. The van der Waals surface area contributed by atoms with Crippen molar-refractivity contribution in [3.05, 3.63) is 83.0 Å². The van der Waals surface area contributed by atoms with Crippen LogP contribution in [0.5, 0.6) is 23.0 Å². The number of ether oxygens (including phenoxy) is 2. The fourth-order valence-corrected chi connectivity index (χ4v) is 4.33. The van der Waals surface area contributed by atoms with Gasteiger partial charge in [0.2, 0.25) is 5.91 Å². The summed E-state index contributed by atoms with van der Waals surface area (Å²) in [6, 6.07) is 7.78. The van der Waals surface area contributed by atoms with Crippen LogP contribution in [-0.4, -0.2) is 54.6 Å². The first kappa shape index (κ1) is 31.7. The van der Waals surface area contributed by atoms with Crippen molar-refractivity contribution < 1.29 is 47.2 Å². The summed E-state index contributed by atoms with van der Waals surface area (Å²) >= 11 is 0. The molecule has 1 aliphatic carbocycles. The molecule has 0 spiro atoms. The van der Waals surface area contributed by atoms with Gasteiger partial charge in [0, 0.05) is 13.5 Å². The minimum Gasteiger partial charge on any atom is -0.504 e. The van der Waals surface area contributed by atoms with Gasteiger partial charge < -0.3 is 25.0 Å². The quantitative estimate of drug-likeness (QED) is 0.186. The molecule has 1 atom stereocenters. The second kappa shape index (κ2) is 13.7. The normalized spacial score (nSPS) is 15.7. The van der Waals surface area contributed by atoms with Crippen molar-refractivity contribution in [2.45, 2.75) is 25.9 Å². The molecule has 3 N–H and O–H groups in total. The molecular formula is C31H30F3NO7. The second-order valence-corrected chi connectivity index (χ2v) is 9.31. The van der Waals surface area contributed by atoms with Crippen LogP contribution in [0.25, 0.3) is 11.6 Å². The number of amides is 1. The molecule has 2 aromatic rings. The Morgan fingerprint density at radius 1 is 1.00 bits per heavy atom. The van der Waals surface area contributed by atoms with E-state index in [4.69, 9.17) is 9.47 Å². The van der Waals surface area contributed by atoms with E-state index in [0.29, 0.717) is 24.9 Å². The van der Waals surface area contributed by atoms with E-state index >= 15 is 0 Å². The Morgan fingerprint density at radius 2 is 1.64 bits per heavy atom. The maximum absolute atomic E-state index is 14.4. The Labute approximate surface area is 240 Å². The largest absolute Gasteiger partial charge is 0.504 e. The number of allylic oxidation sites excluding steroid dienone is 7. The molecule has 0 saturated heterocycles. The first-order valence-corrected chi connectivity index (χ1v) is 12.8. The van der Waals surface area contributed by atoms with E-state index < -0.39 is 34.8 Å². The van der Waals surface area contributed by atoms with Gasteiger partial charge in [-0.25, -0.2) is 0 Å². The number of rotatable bonds is 11. The maximum atomic E-state index is 14.4. The molecule has 0 aliphatic heterocycles. The van der Waals surface area contributed by atoms with Crippen LogP contribution in [0.1, 0.15) is 30.9 Å². The van der Waals surface area contributed by atoms with Crippen molar-refractivity contribution >= 4 is 29.1 Å². The number of unbranched alkanes of at least 4 members (excludes halogenated alkanes) is 1. The van der Waals surface area contributed by atoms with Crippen molar-refractivity contribution in [3.63, 3.8) is 0 Å². The van der Waals surface area contributed by atoms with E-state index in [1.165, 1.54) is 63.6 Å². The lowest BCUT2D eigenvalue weighted by molar-refractivity contribution is -0.167. The van der Waals surface area contributed by atoms with Gasteiger partial charge in [0.1, 0.15) is 5.92 Å². The molecule has 222 valence electrons. The number of nitrogens with one attached hydrogen (secondary N) is 1. The highest BCUT2D eigenvalue weighted by atomic mass is 19.4. The Kier molecular flexibility index (Phi) is 10.4. The zero-order valence-electron chi connectivity index (χ0n) is 23.1. The number of hydrogen-bond donors (Lipinski definition) is 3. The number of carbonyl (C=O) groups is 3. The van der Waals surface area contributed by atoms with Crippen molar-refractivity contribution in [2.75, 3.05) is 20.8 Å². The first-order chi connectivity index (χ1) is 19.9. The lowest BCUT2D eigenvalue weighted by Gasteiger charge is -2.27. The van der Waals surface area contributed by atoms with E-state index in [2.05, 4.69) is 5.32 Å². The summed E-state index contributed by atoms with van der Waals surface area (Å²) in [6.07, 6.45) is 2.31. The predicted molar refractivity (Wildman–Crippen MR) is 150 cm³/mol. The number of Topliss-reactive ketones (excluding diaryl/α,β-unsaturated/α-hetero) is 1. The Balaban J connectivity index is 2.12. The number of carbonyl (C=O) groups excluding carboxylic acids is 3. The third-order valence-electron chi connectivity index (χ3n) is 6.36. The highest BCUT2D eigenvalue weighted by Crippen LogP contribution is 2.45. The molecule has 1 unspecified atom stereocenters. The van der Waals surface area contributed by atoms with Crippen LogP contribution in [0, 0.1) is 5.92 Å². The molecule has 11 heteroatoms. The summed E-state index contributed by atoms with van der Waals surface area (Å²) in [5, 5.41) is 22.4. The topological polar surface area (TPSA) is 122 Å². The molecule has 0 aromatic heterocycles. The zero-order chi connectivity index (χ0) is 31.0. The molecule has 8 nitrogen and oxygen atoms in total. The highest BCUT2D eigenvalue weighted by Gasteiger charge is 2.51. The predicted octanol–water partition coefficient (Wildman–Crippen LogP) is 5.31. The molecule has 0 fully saturated rings. The van der Waals surface area contributed by atoms with E-state index in [0.717, 1.165) is 18.2 Å². The number of halogens is 3. The maximum Gasteiger partial charge on any atom is 0.402 e. The molecule has 2 aromatic carbocycles. The lowest BCUT2D eigenvalue weighted by Crippen LogP contribution is -2.36. The highest BCUT2D eigenvalue weighted by molar-refractivity contribution is 6.29. The average Bonchev–Trinajstić information content (AvgIpc) is 2.93. The number of alkyl halides is 3. The van der Waals surface area contributed by atoms with Crippen LogP contribution >= 0.6 is 0 Å². The minimum atomic E-state index is -5.04. The van der Waals surface area contributed by atoms with Crippen molar-refractivity contribution in [2.24, 2.45) is 5.92 Å². The Morgan fingerprint density at radius 3 is 2.26 bits per heavy atom. The standard InChI is InChI=1S/C31H30F3NO7/c1-18(36)35-14-6-4-5-7-21-16-22(20-10-13-24(38)27(17-20)42-3)29(31(32,33)34)30(40)28(21)25(39)12-9-19-8-11-23(37)26(15-19)41-2/h5,7-13,15-17,29,37-38H,4,6,14H2,1-3H3,(H,35,36)/b7-5+,12-9+. The summed E-state index contributed by atoms with van der Waals surface area (Å²) in [4.78, 5) is 37.9. The summed E-state index contributed by atoms with van der Waals surface area (Å²) in [5.41, 5.74) is -0.703. The molecule has 0 saturated carbocycles. The third kappa shape index (κ3) is 7.68. The molecule has 0 heterocycles. The lowest BCUT2D eigenvalue weighted by atomic mass is 9.77. The molecule has 0 radical (unpaired) electrons. The van der Waals surface area contributed by atoms with Gasteiger partial charge >= 0.3 is 6.18 Å². The number of methoxy groups -OCH3 is 2. The second-order valence-electron chi connectivity index (χ2n) is 9.31. The SMILES string of the molecule is COc1cc(/C=C/C(=O)C2=C(/C=C/CCCNC(C)=O)C=C(c3ccc(O)c(OC)c3)C(C(F)(F)F)C2=O)ccc1O. The van der Waals surface area contributed by atoms with Gasteiger partial charge in [-0.1, -0.05) is 30.4 Å². The molecule has 0 bridgehead atoms. The number of ketones is 2. The number of phenols is 2. The van der Waals surface area contributed by atoms with E-state index in [1.807, 2.05) is 0 Å². The summed E-state index contributed by atoms with van der Waals surface area (Å²) < 4.78 is 53.3. The molecule has 42 heavy (non-hydrogen) atoms. The number of phenolic OH excluding ortho intramolecular Hbond substituents is 2. The van der Waals surface area contributed by atoms with Crippen LogP contribution in [0.3, 0.4) is 0 Å². The van der Waals surface area contributed by atoms with Gasteiger partial charge in [0.25, 0.3) is 0 Å². The summed E-state index contributed by atoms with van der Waals surface area (Å²) in [6.45, 7) is 1.74. The van der Waals surface area contributed by atoms with E-state index in [1.54, 1.807) is 6.08 Å². The minimum absolute atomic E-state index is 0.0184. The van der Waals surface area contributed by atoms with Crippen LogP contribution in [-0.2, 0) is 14.4 Å². The third-order valence-corrected chi connectivity index (χ3v) is 6.36. The molecule has 3 rings (SSSR count). The van der Waals surface area contributed by atoms with Crippen LogP contribution in [0.15, 0.2) is 71.8 Å². The first-order valence-electron chi connectivity index (χ1n) is 12.8. The zero-order valence-corrected chi connectivity index (χ0v) is 23.1. The Bertz CT molecular complexity index is 1490. The average molecular weight is 586 g/mol. The van der Waals surface area contributed by atoms with E-state index in [9.17, 15) is 37.8 Å². The van der Waals surface area contributed by atoms with Gasteiger partial charge in [-0.2, -0.15) is 13.2 Å². The monoisotopic (exact) mass is 585 g/mol. The van der Waals surface area contributed by atoms with Gasteiger partial charge in [0.15, 0.2) is 34.6 Å². The Hall–Kier alpha value is -4.80. The van der Waals surface area contributed by atoms with Crippen LogP contribution < -0.4 is 14.8 Å². The molecule has 1 aliphatic rings. The van der Waals surface area contributed by atoms with Gasteiger partial charge in [-0.05, 0) is 71.5 Å². The number of aromatic hydroxyl groups is 2. The van der Waals surface area contributed by atoms with Crippen LogP contribution in [0.4, 0.5) is 13.2 Å². The number of benzene rings is 2. The number of hydrogen-bond acceptors (Lipinski definition) is 7. The smallest absolute Gasteiger partial charge is 0.402 e. The fourth-order valence-electron chi connectivity index (χ4n) is 4.33. The van der Waals surface area contributed by atoms with E-state index in [-0.39, 0.29) is 40.0 Å². The molecule has 1 amide bonds. The van der Waals surface area contributed by atoms with Crippen molar-refractivity contribution in [3.8, 4) is 23.0 Å². The fraction of sp³-hybridized carbons (Fsp3) is 0.258. The van der Waals surface area contributed by atoms with Gasteiger partial charge in [-0.15, -0.1) is 0 Å². The van der Waals surface area contributed by atoms with Crippen molar-refractivity contribution in [1.82, 2.24) is 5.32 Å². The summed E-state index contributed by atoms with van der Waals surface area (Å²) in [7, 11) is 2.57. The van der Waals surface area contributed by atoms with Gasteiger partial charge in [-0.3, -0.25) is 14.4 Å². The van der Waals surface area contributed by atoms with Crippen molar-refractivity contribution in [1.29, 1.82) is 0 Å². The van der Waals surface area contributed by atoms with Crippen LogP contribution in [0.2, 0.25) is 0 Å².